The Balaban J connectivity index is 1.87. The molecule has 2 aliphatic heterocycles. The Kier molecular flexibility index (Phi) is 3.40. The molecule has 1 atom stereocenters. The van der Waals surface area contributed by atoms with E-state index in [4.69, 9.17) is 9.47 Å². The van der Waals surface area contributed by atoms with Crippen molar-refractivity contribution in [2.75, 3.05) is 6.79 Å². The normalized spacial score (nSPS) is 23.9. The van der Waals surface area contributed by atoms with E-state index in [0.29, 0.717) is 23.5 Å². The number of fused-ring (bicyclic) bond motifs is 1. The fraction of sp³-hybridized carbons (Fsp3) is 0.400. The van der Waals surface area contributed by atoms with E-state index in [1.807, 2.05) is 25.1 Å². The van der Waals surface area contributed by atoms with Crippen LogP contribution in [0, 0.1) is 16.7 Å². The van der Waals surface area contributed by atoms with E-state index in [1.165, 1.54) is 0 Å². The van der Waals surface area contributed by atoms with E-state index in [2.05, 4.69) is 25.2 Å². The smallest absolute Gasteiger partial charge is 0.231 e. The summed E-state index contributed by atoms with van der Waals surface area (Å²) in [5.74, 6) is 1.12. The van der Waals surface area contributed by atoms with Gasteiger partial charge in [-0.3, -0.25) is 4.79 Å². The predicted octanol–water partition coefficient (Wildman–Crippen LogP) is 3.54. The molecule has 1 aromatic carbocycles. The summed E-state index contributed by atoms with van der Waals surface area (Å²) in [5.41, 5.74) is 3.88. The molecule has 1 N–H and O–H groups in total. The van der Waals surface area contributed by atoms with Crippen LogP contribution in [-0.4, -0.2) is 12.6 Å². The van der Waals surface area contributed by atoms with Gasteiger partial charge in [-0.25, -0.2) is 0 Å². The lowest BCUT2D eigenvalue weighted by Gasteiger charge is -2.38. The average molecular weight is 336 g/mol. The van der Waals surface area contributed by atoms with Crippen molar-refractivity contribution in [2.45, 2.75) is 39.5 Å². The molecule has 0 saturated carbocycles. The summed E-state index contributed by atoms with van der Waals surface area (Å²) in [7, 11) is 0. The highest BCUT2D eigenvalue weighted by atomic mass is 16.7. The second-order valence-corrected chi connectivity index (χ2v) is 7.65. The molecule has 4 rings (SSSR count). The molecule has 128 valence electrons. The zero-order chi connectivity index (χ0) is 17.8. The van der Waals surface area contributed by atoms with Crippen molar-refractivity contribution < 1.29 is 14.3 Å². The molecule has 3 aliphatic rings. The molecule has 0 saturated heterocycles. The minimum atomic E-state index is -0.348. The molecule has 25 heavy (non-hydrogen) atoms. The van der Waals surface area contributed by atoms with Crippen molar-refractivity contribution >= 4 is 5.78 Å². The molecule has 0 spiro atoms. The largest absolute Gasteiger partial charge is 0.454 e. The number of carbonyl (C=O) groups excluding carboxylic acids is 1. The third-order valence-corrected chi connectivity index (χ3v) is 5.09. The number of nitrogens with zero attached hydrogens (tertiary/aromatic N) is 1. The van der Waals surface area contributed by atoms with Crippen LogP contribution in [0.15, 0.2) is 40.7 Å². The molecule has 5 heteroatoms. The lowest BCUT2D eigenvalue weighted by atomic mass is 9.69. The number of nitrogens with one attached hydrogen (secondary N) is 1. The number of Topliss-reactive ketones (excluding diaryl/α,β-unsaturated/α-hetero) is 1. The van der Waals surface area contributed by atoms with Crippen LogP contribution in [0.3, 0.4) is 0 Å². The minimum Gasteiger partial charge on any atom is -0.454 e. The van der Waals surface area contributed by atoms with Crippen LogP contribution < -0.4 is 14.8 Å². The first-order valence-electron chi connectivity index (χ1n) is 8.43. The number of nitriles is 1. The molecule has 0 fully saturated rings. The Morgan fingerprint density at radius 2 is 2.00 bits per heavy atom. The molecule has 0 aromatic heterocycles. The SMILES string of the molecule is CC1=C(C#N)C(c2ccc3c(c2)OCO3)C2=C(CC(C)(C)CC2=O)N1. The summed E-state index contributed by atoms with van der Waals surface area (Å²) in [6.07, 6.45) is 1.29. The maximum atomic E-state index is 12.9. The first kappa shape index (κ1) is 15.8. The Morgan fingerprint density at radius 3 is 2.76 bits per heavy atom. The van der Waals surface area contributed by atoms with Gasteiger partial charge in [0.25, 0.3) is 0 Å². The van der Waals surface area contributed by atoms with Crippen LogP contribution in [0.1, 0.15) is 45.1 Å². The Morgan fingerprint density at radius 1 is 1.24 bits per heavy atom. The number of hydrogen-bond acceptors (Lipinski definition) is 5. The molecule has 0 bridgehead atoms. The van der Waals surface area contributed by atoms with E-state index in [1.54, 1.807) is 0 Å². The Labute approximate surface area is 146 Å². The zero-order valence-corrected chi connectivity index (χ0v) is 14.6. The van der Waals surface area contributed by atoms with Crippen molar-refractivity contribution in [1.29, 1.82) is 5.26 Å². The number of ether oxygens (including phenoxy) is 2. The number of rotatable bonds is 1. The van der Waals surface area contributed by atoms with Crippen molar-refractivity contribution in [3.8, 4) is 17.6 Å². The summed E-state index contributed by atoms with van der Waals surface area (Å²) in [4.78, 5) is 12.9. The first-order valence-corrected chi connectivity index (χ1v) is 8.43. The summed E-state index contributed by atoms with van der Waals surface area (Å²) in [5, 5.41) is 13.0. The monoisotopic (exact) mass is 336 g/mol. The highest BCUT2D eigenvalue weighted by Crippen LogP contribution is 2.47. The van der Waals surface area contributed by atoms with Crippen molar-refractivity contribution in [2.24, 2.45) is 5.41 Å². The second-order valence-electron chi connectivity index (χ2n) is 7.65. The summed E-state index contributed by atoms with van der Waals surface area (Å²) < 4.78 is 10.9. The van der Waals surface area contributed by atoms with Gasteiger partial charge < -0.3 is 14.8 Å². The number of hydrogen-bond donors (Lipinski definition) is 1. The average Bonchev–Trinajstić information content (AvgIpc) is 2.99. The van der Waals surface area contributed by atoms with E-state index < -0.39 is 0 Å². The van der Waals surface area contributed by atoms with Gasteiger partial charge in [-0.15, -0.1) is 0 Å². The van der Waals surface area contributed by atoms with Crippen LogP contribution in [0.2, 0.25) is 0 Å². The quantitative estimate of drug-likeness (QED) is 0.849. The molecule has 0 radical (unpaired) electrons. The van der Waals surface area contributed by atoms with Crippen molar-refractivity contribution in [3.63, 3.8) is 0 Å². The van der Waals surface area contributed by atoms with Crippen LogP contribution in [0.25, 0.3) is 0 Å². The second kappa shape index (κ2) is 5.38. The fourth-order valence-corrected chi connectivity index (χ4v) is 4.01. The number of benzene rings is 1. The standard InChI is InChI=1S/C20H20N2O3/c1-11-13(9-21)18(12-4-5-16-17(6-12)25-10-24-16)19-14(22-11)7-20(2,3)8-15(19)23/h4-6,18,22H,7-8,10H2,1-3H3. The molecule has 0 amide bonds. The topological polar surface area (TPSA) is 71.3 Å². The number of dihydropyridines is 1. The van der Waals surface area contributed by atoms with Gasteiger partial charge in [0, 0.05) is 23.4 Å². The van der Waals surface area contributed by atoms with E-state index in [-0.39, 0.29) is 23.9 Å². The molecular weight excluding hydrogens is 316 g/mol. The summed E-state index contributed by atoms with van der Waals surface area (Å²) in [6.45, 7) is 6.30. The Hall–Kier alpha value is -2.74. The molecule has 1 unspecified atom stereocenters. The van der Waals surface area contributed by atoms with Gasteiger partial charge in [0.05, 0.1) is 17.6 Å². The van der Waals surface area contributed by atoms with Gasteiger partial charge in [0.1, 0.15) is 0 Å². The summed E-state index contributed by atoms with van der Waals surface area (Å²) in [6, 6.07) is 7.96. The highest BCUT2D eigenvalue weighted by Gasteiger charge is 2.41. The van der Waals surface area contributed by atoms with E-state index in [9.17, 15) is 10.1 Å². The predicted molar refractivity (Wildman–Crippen MR) is 91.8 cm³/mol. The van der Waals surface area contributed by atoms with Crippen LogP contribution in [-0.2, 0) is 4.79 Å². The summed E-state index contributed by atoms with van der Waals surface area (Å²) >= 11 is 0. The van der Waals surface area contributed by atoms with E-state index in [0.717, 1.165) is 29.0 Å². The molecule has 1 aliphatic carbocycles. The van der Waals surface area contributed by atoms with Gasteiger partial charge in [-0.05, 0) is 36.5 Å². The molecular formula is C20H20N2O3. The van der Waals surface area contributed by atoms with E-state index >= 15 is 0 Å². The van der Waals surface area contributed by atoms with Gasteiger partial charge in [-0.2, -0.15) is 5.26 Å². The minimum absolute atomic E-state index is 0.0766. The third kappa shape index (κ3) is 2.49. The van der Waals surface area contributed by atoms with Crippen molar-refractivity contribution in [1.82, 2.24) is 5.32 Å². The van der Waals surface area contributed by atoms with Gasteiger partial charge in [-0.1, -0.05) is 19.9 Å². The van der Waals surface area contributed by atoms with Gasteiger partial charge in [0.2, 0.25) is 6.79 Å². The van der Waals surface area contributed by atoms with Crippen molar-refractivity contribution in [3.05, 3.63) is 46.3 Å². The van der Waals surface area contributed by atoms with Crippen LogP contribution >= 0.6 is 0 Å². The van der Waals surface area contributed by atoms with Gasteiger partial charge in [0.15, 0.2) is 17.3 Å². The lowest BCUT2D eigenvalue weighted by Crippen LogP contribution is -2.36. The lowest BCUT2D eigenvalue weighted by molar-refractivity contribution is -0.118. The Bertz CT molecular complexity index is 887. The van der Waals surface area contributed by atoms with Crippen LogP contribution in [0.5, 0.6) is 11.5 Å². The van der Waals surface area contributed by atoms with Crippen LogP contribution in [0.4, 0.5) is 0 Å². The first-order chi connectivity index (χ1) is 11.9. The number of ketones is 1. The number of carbonyl (C=O) groups is 1. The van der Waals surface area contributed by atoms with Gasteiger partial charge >= 0.3 is 0 Å². The maximum Gasteiger partial charge on any atom is 0.231 e. The molecule has 1 aromatic rings. The molecule has 2 heterocycles. The third-order valence-electron chi connectivity index (χ3n) is 5.09. The number of allylic oxidation sites excluding steroid dienone is 4. The maximum absolute atomic E-state index is 12.9. The fourth-order valence-electron chi connectivity index (χ4n) is 4.01. The molecule has 5 nitrogen and oxygen atoms in total. The highest BCUT2D eigenvalue weighted by molar-refractivity contribution is 6.00. The zero-order valence-electron chi connectivity index (χ0n) is 14.6.